The van der Waals surface area contributed by atoms with Crippen molar-refractivity contribution in [2.75, 3.05) is 0 Å². The van der Waals surface area contributed by atoms with Crippen LogP contribution in [0, 0.1) is 0 Å². The lowest BCUT2D eigenvalue weighted by Crippen LogP contribution is -2.25. The first-order chi connectivity index (χ1) is 10.5. The van der Waals surface area contributed by atoms with Gasteiger partial charge in [0.05, 0.1) is 0 Å². The van der Waals surface area contributed by atoms with Crippen molar-refractivity contribution in [3.63, 3.8) is 0 Å². The van der Waals surface area contributed by atoms with E-state index in [0.29, 0.717) is 11.1 Å². The Morgan fingerprint density at radius 1 is 1.05 bits per heavy atom. The number of esters is 1. The Kier molecular flexibility index (Phi) is 3.72. The number of hydrogen-bond acceptors (Lipinski definition) is 5. The number of benzene rings is 2. The van der Waals surface area contributed by atoms with E-state index in [2.05, 4.69) is 0 Å². The van der Waals surface area contributed by atoms with Gasteiger partial charge < -0.3 is 4.74 Å². The molecule has 22 heavy (non-hydrogen) atoms. The highest BCUT2D eigenvalue weighted by atomic mass is 32.2. The molecular weight excluding hydrogens is 304 g/mol. The predicted molar refractivity (Wildman–Crippen MR) is 79.4 cm³/mol. The SMILES string of the molecule is CC(OS(=O)(=O)c1c2cccc1-2)C(=O)OCc1ccccc1. The summed E-state index contributed by atoms with van der Waals surface area (Å²) >= 11 is 0. The van der Waals surface area contributed by atoms with Crippen molar-refractivity contribution in [2.45, 2.75) is 24.5 Å². The quantitative estimate of drug-likeness (QED) is 0.516. The first-order valence-electron chi connectivity index (χ1n) is 6.76. The first kappa shape index (κ1) is 14.7. The van der Waals surface area contributed by atoms with Gasteiger partial charge in [0.15, 0.2) is 6.10 Å². The summed E-state index contributed by atoms with van der Waals surface area (Å²) < 4.78 is 34.0. The van der Waals surface area contributed by atoms with Gasteiger partial charge in [-0.05, 0) is 12.5 Å². The molecular formula is C16H14O5S. The predicted octanol–water partition coefficient (Wildman–Crippen LogP) is 2.50. The summed E-state index contributed by atoms with van der Waals surface area (Å²) in [4.78, 5) is 12.0. The molecule has 0 saturated heterocycles. The van der Waals surface area contributed by atoms with Crippen LogP contribution < -0.4 is 0 Å². The fourth-order valence-corrected chi connectivity index (χ4v) is 3.56. The van der Waals surface area contributed by atoms with Gasteiger partial charge in [0.25, 0.3) is 10.1 Å². The van der Waals surface area contributed by atoms with Crippen molar-refractivity contribution in [2.24, 2.45) is 0 Å². The summed E-state index contributed by atoms with van der Waals surface area (Å²) in [6, 6.07) is 14.3. The Labute approximate surface area is 128 Å². The lowest BCUT2D eigenvalue weighted by atomic mass is 10.2. The van der Waals surface area contributed by atoms with E-state index in [1.807, 2.05) is 30.3 Å². The maximum Gasteiger partial charge on any atom is 0.336 e. The topological polar surface area (TPSA) is 69.7 Å². The molecule has 0 spiro atoms. The molecule has 0 bridgehead atoms. The lowest BCUT2D eigenvalue weighted by molar-refractivity contribution is -0.152. The second kappa shape index (κ2) is 5.55. The first-order valence-corrected chi connectivity index (χ1v) is 8.17. The minimum absolute atomic E-state index is 0.0786. The van der Waals surface area contributed by atoms with Gasteiger partial charge in [0.2, 0.25) is 0 Å². The molecule has 5 nitrogen and oxygen atoms in total. The molecule has 0 fully saturated rings. The third-order valence-electron chi connectivity index (χ3n) is 3.32. The fraction of sp³-hybridized carbons (Fsp3) is 0.188. The van der Waals surface area contributed by atoms with Crippen molar-refractivity contribution in [1.29, 1.82) is 0 Å². The van der Waals surface area contributed by atoms with E-state index in [4.69, 9.17) is 8.92 Å². The van der Waals surface area contributed by atoms with Crippen LogP contribution in [0.5, 0.6) is 0 Å². The zero-order chi connectivity index (χ0) is 15.7. The molecule has 1 aromatic carbocycles. The molecule has 6 heteroatoms. The number of fused-ring (bicyclic) bond motifs is 1. The molecule has 0 aliphatic heterocycles. The summed E-state index contributed by atoms with van der Waals surface area (Å²) in [5, 5.41) is 0. The zero-order valence-electron chi connectivity index (χ0n) is 11.9. The molecule has 1 unspecified atom stereocenters. The monoisotopic (exact) mass is 318 g/mol. The standard InChI is InChI=1S/C16H14O5S/c1-11(16(17)20-10-12-6-3-2-4-7-12)21-22(18,19)15-13-8-5-9-14(13)15/h2-9,11H,10H2,1H3. The second-order valence-electron chi connectivity index (χ2n) is 4.97. The van der Waals surface area contributed by atoms with Crippen LogP contribution in [0.25, 0.3) is 11.1 Å². The summed E-state index contributed by atoms with van der Waals surface area (Å²) in [7, 11) is -3.91. The van der Waals surface area contributed by atoms with Crippen LogP contribution in [0.2, 0.25) is 0 Å². The van der Waals surface area contributed by atoms with Gasteiger partial charge in [-0.15, -0.1) is 0 Å². The molecule has 0 heterocycles. The molecule has 2 aliphatic carbocycles. The number of hydrogen-bond donors (Lipinski definition) is 0. The Balaban J connectivity index is 1.58. The molecule has 0 amide bonds. The third kappa shape index (κ3) is 2.88. The Bertz CT molecular complexity index is 791. The normalized spacial score (nSPS) is 13.5. The van der Waals surface area contributed by atoms with Gasteiger partial charge in [-0.2, -0.15) is 8.42 Å². The number of carbonyl (C=O) groups is 1. The molecule has 114 valence electrons. The average molecular weight is 318 g/mol. The minimum Gasteiger partial charge on any atom is -0.459 e. The van der Waals surface area contributed by atoms with Gasteiger partial charge in [-0.25, -0.2) is 4.79 Å². The smallest absolute Gasteiger partial charge is 0.336 e. The van der Waals surface area contributed by atoms with E-state index in [-0.39, 0.29) is 11.5 Å². The largest absolute Gasteiger partial charge is 0.459 e. The van der Waals surface area contributed by atoms with Gasteiger partial charge in [-0.3, -0.25) is 4.18 Å². The van der Waals surface area contributed by atoms with Crippen LogP contribution in [0.3, 0.4) is 0 Å². The highest BCUT2D eigenvalue weighted by molar-refractivity contribution is 7.87. The molecule has 0 radical (unpaired) electrons. The van der Waals surface area contributed by atoms with Crippen LogP contribution in [-0.2, 0) is 30.4 Å². The summed E-state index contributed by atoms with van der Waals surface area (Å²) in [5.41, 5.74) is 2.14. The average Bonchev–Trinajstić information content (AvgIpc) is 3.02. The van der Waals surface area contributed by atoms with E-state index >= 15 is 0 Å². The number of rotatable bonds is 6. The van der Waals surface area contributed by atoms with Crippen molar-refractivity contribution in [1.82, 2.24) is 0 Å². The third-order valence-corrected chi connectivity index (χ3v) is 4.80. The number of ether oxygens (including phenoxy) is 1. The van der Waals surface area contributed by atoms with Crippen molar-refractivity contribution in [3.05, 3.63) is 54.1 Å². The van der Waals surface area contributed by atoms with E-state index in [1.165, 1.54) is 6.92 Å². The maximum atomic E-state index is 12.0. The molecule has 2 aliphatic rings. The zero-order valence-corrected chi connectivity index (χ0v) is 12.7. The molecule has 0 saturated carbocycles. The highest BCUT2D eigenvalue weighted by Crippen LogP contribution is 2.47. The molecule has 1 aromatic rings. The van der Waals surface area contributed by atoms with Crippen LogP contribution in [0.4, 0.5) is 0 Å². The summed E-state index contributed by atoms with van der Waals surface area (Å²) in [6.07, 6.45) is -1.19. The van der Waals surface area contributed by atoms with Crippen LogP contribution >= 0.6 is 0 Å². The van der Waals surface area contributed by atoms with E-state index in [0.717, 1.165) is 5.56 Å². The summed E-state index contributed by atoms with van der Waals surface area (Å²) in [5.74, 6) is -0.714. The lowest BCUT2D eigenvalue weighted by Gasteiger charge is -2.11. The van der Waals surface area contributed by atoms with Gasteiger partial charge >= 0.3 is 5.97 Å². The van der Waals surface area contributed by atoms with Crippen molar-refractivity contribution >= 4 is 16.1 Å². The molecule has 0 N–H and O–H groups in total. The molecule has 1 atom stereocenters. The molecule has 3 rings (SSSR count). The van der Waals surface area contributed by atoms with Gasteiger partial charge in [-0.1, -0.05) is 48.5 Å². The summed E-state index contributed by atoms with van der Waals surface area (Å²) in [6.45, 7) is 1.44. The molecule has 0 aromatic heterocycles. The number of carbonyl (C=O) groups excluding carboxylic acids is 1. The van der Waals surface area contributed by atoms with E-state index < -0.39 is 22.2 Å². The Morgan fingerprint density at radius 3 is 2.32 bits per heavy atom. The van der Waals surface area contributed by atoms with Gasteiger partial charge in [0.1, 0.15) is 11.5 Å². The van der Waals surface area contributed by atoms with Gasteiger partial charge in [0, 0.05) is 11.1 Å². The Hall–Kier alpha value is -2.18. The van der Waals surface area contributed by atoms with E-state index in [9.17, 15) is 13.2 Å². The fourth-order valence-electron chi connectivity index (χ4n) is 2.16. The van der Waals surface area contributed by atoms with Crippen LogP contribution in [-0.4, -0.2) is 20.5 Å². The second-order valence-corrected chi connectivity index (χ2v) is 6.48. The van der Waals surface area contributed by atoms with Crippen molar-refractivity contribution < 1.29 is 22.1 Å². The minimum atomic E-state index is -3.91. The maximum absolute atomic E-state index is 12.0. The van der Waals surface area contributed by atoms with Crippen LogP contribution in [0.1, 0.15) is 12.5 Å². The van der Waals surface area contributed by atoms with Crippen LogP contribution in [0.15, 0.2) is 53.4 Å². The Morgan fingerprint density at radius 2 is 1.68 bits per heavy atom. The van der Waals surface area contributed by atoms with E-state index in [1.54, 1.807) is 18.2 Å². The van der Waals surface area contributed by atoms with Crippen molar-refractivity contribution in [3.8, 4) is 11.1 Å². The highest BCUT2D eigenvalue weighted by Gasteiger charge is 2.37.